The highest BCUT2D eigenvalue weighted by Crippen LogP contribution is 2.21. The standard InChI is InChI=1S/C11H23NO2/c1-3-6-13-7-8-14-11-5-4-10(9-11)12-2/h10-12H,3-9H2,1-2H3. The first-order valence-corrected chi connectivity index (χ1v) is 5.73. The predicted octanol–water partition coefficient (Wildman–Crippen LogP) is 1.57. The number of hydrogen-bond acceptors (Lipinski definition) is 3. The van der Waals surface area contributed by atoms with Crippen LogP contribution in [0.4, 0.5) is 0 Å². The molecule has 0 aliphatic heterocycles. The highest BCUT2D eigenvalue weighted by atomic mass is 16.5. The molecule has 0 amide bonds. The molecule has 1 fully saturated rings. The number of rotatable bonds is 7. The van der Waals surface area contributed by atoms with Crippen LogP contribution >= 0.6 is 0 Å². The summed E-state index contributed by atoms with van der Waals surface area (Å²) in [5.74, 6) is 0. The first-order valence-electron chi connectivity index (χ1n) is 5.73. The lowest BCUT2D eigenvalue weighted by molar-refractivity contribution is 0.00730. The summed E-state index contributed by atoms with van der Waals surface area (Å²) in [6.45, 7) is 4.47. The van der Waals surface area contributed by atoms with Gasteiger partial charge >= 0.3 is 0 Å². The molecule has 0 saturated heterocycles. The maximum Gasteiger partial charge on any atom is 0.0704 e. The highest BCUT2D eigenvalue weighted by Gasteiger charge is 2.23. The Morgan fingerprint density at radius 3 is 2.71 bits per heavy atom. The fourth-order valence-corrected chi connectivity index (χ4v) is 1.87. The van der Waals surface area contributed by atoms with E-state index in [0.29, 0.717) is 12.1 Å². The van der Waals surface area contributed by atoms with Gasteiger partial charge in [0.15, 0.2) is 0 Å². The minimum atomic E-state index is 0.456. The van der Waals surface area contributed by atoms with E-state index in [9.17, 15) is 0 Å². The molecule has 2 unspecified atom stereocenters. The van der Waals surface area contributed by atoms with Gasteiger partial charge in [-0.15, -0.1) is 0 Å². The Kier molecular flexibility index (Phi) is 6.15. The summed E-state index contributed by atoms with van der Waals surface area (Å²) in [6, 6.07) is 0.663. The molecule has 0 radical (unpaired) electrons. The van der Waals surface area contributed by atoms with Crippen LogP contribution in [0.1, 0.15) is 32.6 Å². The Bertz CT molecular complexity index is 141. The van der Waals surface area contributed by atoms with Crippen LogP contribution in [0.15, 0.2) is 0 Å². The van der Waals surface area contributed by atoms with Crippen LogP contribution in [0, 0.1) is 0 Å². The quantitative estimate of drug-likeness (QED) is 0.634. The summed E-state index contributed by atoms with van der Waals surface area (Å²) in [4.78, 5) is 0. The zero-order chi connectivity index (χ0) is 10.2. The molecule has 1 aliphatic carbocycles. The molecule has 1 N–H and O–H groups in total. The summed E-state index contributed by atoms with van der Waals surface area (Å²) >= 11 is 0. The van der Waals surface area contributed by atoms with E-state index in [1.165, 1.54) is 12.8 Å². The lowest BCUT2D eigenvalue weighted by atomic mass is 10.2. The van der Waals surface area contributed by atoms with E-state index in [-0.39, 0.29) is 0 Å². The molecule has 0 aromatic carbocycles. The van der Waals surface area contributed by atoms with E-state index in [4.69, 9.17) is 9.47 Å². The van der Waals surface area contributed by atoms with Crippen molar-refractivity contribution in [3.63, 3.8) is 0 Å². The van der Waals surface area contributed by atoms with E-state index in [2.05, 4.69) is 12.2 Å². The average molecular weight is 201 g/mol. The van der Waals surface area contributed by atoms with Gasteiger partial charge in [0, 0.05) is 12.6 Å². The van der Waals surface area contributed by atoms with Gasteiger partial charge in [-0.05, 0) is 32.7 Å². The third-order valence-corrected chi connectivity index (χ3v) is 2.72. The normalized spacial score (nSPS) is 27.0. The van der Waals surface area contributed by atoms with Crippen molar-refractivity contribution in [3.8, 4) is 0 Å². The molecular formula is C11H23NO2. The van der Waals surface area contributed by atoms with Gasteiger partial charge in [-0.3, -0.25) is 0 Å². The Balaban J connectivity index is 1.92. The molecule has 1 aliphatic rings. The first kappa shape index (κ1) is 12.0. The SMILES string of the molecule is CCCOCCOC1CCC(NC)C1. The van der Waals surface area contributed by atoms with Gasteiger partial charge in [-0.1, -0.05) is 6.92 Å². The van der Waals surface area contributed by atoms with Crippen molar-refractivity contribution in [2.24, 2.45) is 0 Å². The predicted molar refractivity (Wildman–Crippen MR) is 57.5 cm³/mol. The maximum absolute atomic E-state index is 5.72. The molecule has 0 bridgehead atoms. The van der Waals surface area contributed by atoms with Gasteiger partial charge in [-0.2, -0.15) is 0 Å². The fraction of sp³-hybridized carbons (Fsp3) is 1.00. The van der Waals surface area contributed by atoms with Crippen LogP contribution in [0.25, 0.3) is 0 Å². The van der Waals surface area contributed by atoms with Crippen molar-refractivity contribution in [1.82, 2.24) is 5.32 Å². The van der Waals surface area contributed by atoms with Crippen molar-refractivity contribution < 1.29 is 9.47 Å². The average Bonchev–Trinajstić information content (AvgIpc) is 2.65. The summed E-state index contributed by atoms with van der Waals surface area (Å²) < 4.78 is 11.1. The molecular weight excluding hydrogens is 178 g/mol. The smallest absolute Gasteiger partial charge is 0.0704 e. The molecule has 0 heterocycles. The zero-order valence-electron chi connectivity index (χ0n) is 9.42. The molecule has 84 valence electrons. The number of hydrogen-bond donors (Lipinski definition) is 1. The second kappa shape index (κ2) is 7.21. The Labute approximate surface area is 87.2 Å². The van der Waals surface area contributed by atoms with Crippen molar-refractivity contribution in [1.29, 1.82) is 0 Å². The van der Waals surface area contributed by atoms with Crippen molar-refractivity contribution in [2.45, 2.75) is 44.8 Å². The van der Waals surface area contributed by atoms with E-state index in [1.54, 1.807) is 0 Å². The highest BCUT2D eigenvalue weighted by molar-refractivity contribution is 4.79. The molecule has 1 rings (SSSR count). The molecule has 3 heteroatoms. The van der Waals surface area contributed by atoms with E-state index in [1.807, 2.05) is 7.05 Å². The van der Waals surface area contributed by atoms with Crippen molar-refractivity contribution >= 4 is 0 Å². The van der Waals surface area contributed by atoms with Crippen molar-refractivity contribution in [3.05, 3.63) is 0 Å². The topological polar surface area (TPSA) is 30.5 Å². The molecule has 14 heavy (non-hydrogen) atoms. The van der Waals surface area contributed by atoms with E-state index < -0.39 is 0 Å². The molecule has 0 aromatic heterocycles. The summed E-state index contributed by atoms with van der Waals surface area (Å²) in [7, 11) is 2.03. The third-order valence-electron chi connectivity index (χ3n) is 2.72. The summed E-state index contributed by atoms with van der Waals surface area (Å²) in [6.07, 6.45) is 5.14. The molecule has 0 aromatic rings. The Morgan fingerprint density at radius 2 is 2.07 bits per heavy atom. The lowest BCUT2D eigenvalue weighted by Crippen LogP contribution is -2.23. The molecule has 1 saturated carbocycles. The van der Waals surface area contributed by atoms with Crippen LogP contribution in [0.2, 0.25) is 0 Å². The van der Waals surface area contributed by atoms with Gasteiger partial charge in [0.2, 0.25) is 0 Å². The largest absolute Gasteiger partial charge is 0.379 e. The lowest BCUT2D eigenvalue weighted by Gasteiger charge is -2.12. The fourth-order valence-electron chi connectivity index (χ4n) is 1.87. The molecule has 3 nitrogen and oxygen atoms in total. The number of ether oxygens (including phenoxy) is 2. The molecule has 0 spiro atoms. The summed E-state index contributed by atoms with van der Waals surface area (Å²) in [5, 5.41) is 3.29. The van der Waals surface area contributed by atoms with Gasteiger partial charge in [-0.25, -0.2) is 0 Å². The van der Waals surface area contributed by atoms with Crippen LogP contribution in [0.3, 0.4) is 0 Å². The van der Waals surface area contributed by atoms with Gasteiger partial charge in [0.05, 0.1) is 19.3 Å². The van der Waals surface area contributed by atoms with Crippen LogP contribution in [-0.2, 0) is 9.47 Å². The first-order chi connectivity index (χ1) is 6.86. The van der Waals surface area contributed by atoms with Gasteiger partial charge in [0.25, 0.3) is 0 Å². The van der Waals surface area contributed by atoms with Crippen LogP contribution in [0.5, 0.6) is 0 Å². The Morgan fingerprint density at radius 1 is 1.21 bits per heavy atom. The second-order valence-corrected chi connectivity index (χ2v) is 3.90. The van der Waals surface area contributed by atoms with Crippen molar-refractivity contribution in [2.75, 3.05) is 26.9 Å². The number of nitrogens with one attached hydrogen (secondary N) is 1. The van der Waals surface area contributed by atoms with E-state index >= 15 is 0 Å². The minimum absolute atomic E-state index is 0.456. The van der Waals surface area contributed by atoms with Crippen LogP contribution < -0.4 is 5.32 Å². The second-order valence-electron chi connectivity index (χ2n) is 3.90. The zero-order valence-corrected chi connectivity index (χ0v) is 9.42. The maximum atomic E-state index is 5.72. The third kappa shape index (κ3) is 4.40. The van der Waals surface area contributed by atoms with Crippen LogP contribution in [-0.4, -0.2) is 39.0 Å². The monoisotopic (exact) mass is 201 g/mol. The van der Waals surface area contributed by atoms with E-state index in [0.717, 1.165) is 32.7 Å². The van der Waals surface area contributed by atoms with Gasteiger partial charge in [0.1, 0.15) is 0 Å². The summed E-state index contributed by atoms with van der Waals surface area (Å²) in [5.41, 5.74) is 0. The minimum Gasteiger partial charge on any atom is -0.379 e. The Hall–Kier alpha value is -0.120. The van der Waals surface area contributed by atoms with Gasteiger partial charge < -0.3 is 14.8 Å². The molecule has 2 atom stereocenters.